The summed E-state index contributed by atoms with van der Waals surface area (Å²) in [6, 6.07) is 7.26. The first-order valence-corrected chi connectivity index (χ1v) is 10.9. The van der Waals surface area contributed by atoms with Crippen molar-refractivity contribution in [2.45, 2.75) is 37.9 Å². The molecule has 0 unspecified atom stereocenters. The Labute approximate surface area is 189 Å². The van der Waals surface area contributed by atoms with E-state index in [0.29, 0.717) is 25.9 Å². The van der Waals surface area contributed by atoms with E-state index in [1.54, 1.807) is 4.90 Å². The van der Waals surface area contributed by atoms with Crippen molar-refractivity contribution in [2.24, 2.45) is 0 Å². The Bertz CT molecular complexity index is 1040. The Morgan fingerprint density at radius 1 is 1.21 bits per heavy atom. The van der Waals surface area contributed by atoms with Crippen LogP contribution < -0.4 is 5.32 Å². The van der Waals surface area contributed by atoms with Gasteiger partial charge in [0.1, 0.15) is 5.82 Å². The number of fused-ring (bicyclic) bond motifs is 1. The molecule has 0 saturated carbocycles. The molecule has 4 rings (SSSR count). The van der Waals surface area contributed by atoms with Crippen molar-refractivity contribution in [3.05, 3.63) is 58.8 Å². The molecule has 2 aliphatic rings. The number of hydrogen-bond donors (Lipinski definition) is 2. The minimum Gasteiger partial charge on any atom is -0.481 e. The molecule has 2 aliphatic heterocycles. The first kappa shape index (κ1) is 22.9. The van der Waals surface area contributed by atoms with Crippen LogP contribution in [0, 0.1) is 0 Å². The van der Waals surface area contributed by atoms with Gasteiger partial charge in [0.25, 0.3) is 0 Å². The lowest BCUT2D eigenvalue weighted by Gasteiger charge is -2.28. The second kappa shape index (κ2) is 9.29. The summed E-state index contributed by atoms with van der Waals surface area (Å²) in [7, 11) is 0. The molecule has 1 atom stereocenters. The topological polar surface area (TPSA) is 85.8 Å². The van der Waals surface area contributed by atoms with Crippen molar-refractivity contribution in [3.8, 4) is 0 Å². The van der Waals surface area contributed by atoms with Crippen molar-refractivity contribution in [1.82, 2.24) is 14.8 Å². The average Bonchev–Trinajstić information content (AvgIpc) is 3.38. The summed E-state index contributed by atoms with van der Waals surface area (Å²) >= 11 is 0. The lowest BCUT2D eigenvalue weighted by atomic mass is 10.00. The number of alkyl halides is 3. The standard InChI is InChI=1S/C23H25F3N4O3/c24-23(25,26)17-4-1-3-16(13-17)19(14-20(31)32)30-12-11-29(22(30)33)10-2-5-18-7-6-15-8-9-27-21(15)28-18/h1,3-4,6-7,13,19H,2,5,8-12,14H2,(H,27,28)(H,31,32)/t19-/m0/s1. The third-order valence-electron chi connectivity index (χ3n) is 6.05. The second-order valence-corrected chi connectivity index (χ2v) is 8.29. The summed E-state index contributed by atoms with van der Waals surface area (Å²) in [6.45, 7) is 2.00. The number of halogens is 3. The van der Waals surface area contributed by atoms with Gasteiger partial charge in [0.15, 0.2) is 0 Å². The SMILES string of the molecule is O=C(O)C[C@@H](c1cccc(C(F)(F)F)c1)N1CCN(CCCc2ccc3c(n2)NCC3)C1=O. The number of urea groups is 1. The monoisotopic (exact) mass is 462 g/mol. The molecule has 1 fully saturated rings. The van der Waals surface area contributed by atoms with Gasteiger partial charge < -0.3 is 20.2 Å². The number of nitrogens with one attached hydrogen (secondary N) is 1. The minimum atomic E-state index is -4.55. The van der Waals surface area contributed by atoms with Gasteiger partial charge in [-0.2, -0.15) is 13.2 Å². The maximum atomic E-state index is 13.1. The average molecular weight is 462 g/mol. The van der Waals surface area contributed by atoms with Gasteiger partial charge in [0.2, 0.25) is 0 Å². The minimum absolute atomic E-state index is 0.164. The number of carbonyl (C=O) groups is 2. The van der Waals surface area contributed by atoms with E-state index in [4.69, 9.17) is 0 Å². The van der Waals surface area contributed by atoms with Crippen LogP contribution >= 0.6 is 0 Å². The van der Waals surface area contributed by atoms with E-state index in [1.807, 2.05) is 6.07 Å². The number of hydrogen-bond acceptors (Lipinski definition) is 4. The van der Waals surface area contributed by atoms with Crippen LogP contribution in [0.2, 0.25) is 0 Å². The fourth-order valence-electron chi connectivity index (χ4n) is 4.38. The van der Waals surface area contributed by atoms with Gasteiger partial charge in [0.05, 0.1) is 18.0 Å². The summed E-state index contributed by atoms with van der Waals surface area (Å²) in [4.78, 5) is 32.0. The Hall–Kier alpha value is -3.30. The molecule has 0 bridgehead atoms. The van der Waals surface area contributed by atoms with E-state index >= 15 is 0 Å². The first-order chi connectivity index (χ1) is 15.7. The highest BCUT2D eigenvalue weighted by atomic mass is 19.4. The van der Waals surface area contributed by atoms with Crippen LogP contribution in [0.1, 0.15) is 41.3 Å². The number of amides is 2. The maximum absolute atomic E-state index is 13.1. The smallest absolute Gasteiger partial charge is 0.416 e. The second-order valence-electron chi connectivity index (χ2n) is 8.29. The van der Waals surface area contributed by atoms with E-state index in [2.05, 4.69) is 16.4 Å². The highest BCUT2D eigenvalue weighted by molar-refractivity contribution is 5.78. The molecule has 3 heterocycles. The van der Waals surface area contributed by atoms with Gasteiger partial charge in [0, 0.05) is 31.9 Å². The summed E-state index contributed by atoms with van der Waals surface area (Å²) in [5.41, 5.74) is 1.43. The third kappa shape index (κ3) is 5.20. The molecule has 2 N–H and O–H groups in total. The molecule has 33 heavy (non-hydrogen) atoms. The number of anilines is 1. The van der Waals surface area contributed by atoms with Gasteiger partial charge in [-0.05, 0) is 48.6 Å². The van der Waals surface area contributed by atoms with Crippen LogP contribution in [0.3, 0.4) is 0 Å². The molecule has 176 valence electrons. The van der Waals surface area contributed by atoms with Gasteiger partial charge in [-0.15, -0.1) is 0 Å². The summed E-state index contributed by atoms with van der Waals surface area (Å²) in [5, 5.41) is 12.6. The van der Waals surface area contributed by atoms with E-state index in [0.717, 1.165) is 36.6 Å². The number of rotatable bonds is 8. The van der Waals surface area contributed by atoms with Crippen LogP contribution in [-0.4, -0.2) is 58.1 Å². The Morgan fingerprint density at radius 3 is 2.79 bits per heavy atom. The van der Waals surface area contributed by atoms with Gasteiger partial charge in [-0.25, -0.2) is 9.78 Å². The van der Waals surface area contributed by atoms with E-state index in [1.165, 1.54) is 22.6 Å². The number of carboxylic acid groups (broad SMARTS) is 1. The van der Waals surface area contributed by atoms with Crippen molar-refractivity contribution < 1.29 is 27.9 Å². The summed E-state index contributed by atoms with van der Waals surface area (Å²) in [5.74, 6) is -0.270. The zero-order chi connectivity index (χ0) is 23.6. The molecule has 1 saturated heterocycles. The number of aromatic nitrogens is 1. The molecule has 2 amide bonds. The van der Waals surface area contributed by atoms with Gasteiger partial charge in [-0.3, -0.25) is 4.79 Å². The molecule has 0 aliphatic carbocycles. The molecule has 10 heteroatoms. The normalized spacial score (nSPS) is 16.6. The molecule has 1 aromatic heterocycles. The zero-order valence-electron chi connectivity index (χ0n) is 17.9. The van der Waals surface area contributed by atoms with Crippen molar-refractivity contribution >= 4 is 17.8 Å². The molecule has 2 aromatic rings. The first-order valence-electron chi connectivity index (χ1n) is 10.9. The quantitative estimate of drug-likeness (QED) is 0.621. The highest BCUT2D eigenvalue weighted by Gasteiger charge is 2.37. The molecule has 7 nitrogen and oxygen atoms in total. The van der Waals surface area contributed by atoms with Gasteiger partial charge >= 0.3 is 18.2 Å². The number of benzene rings is 1. The number of aliphatic carboxylic acids is 1. The highest BCUT2D eigenvalue weighted by Crippen LogP contribution is 2.34. The summed E-state index contributed by atoms with van der Waals surface area (Å²) < 4.78 is 39.4. The van der Waals surface area contributed by atoms with Crippen LogP contribution in [0.15, 0.2) is 36.4 Å². The Balaban J connectivity index is 1.41. The van der Waals surface area contributed by atoms with Crippen LogP contribution in [0.5, 0.6) is 0 Å². The number of carbonyl (C=O) groups excluding carboxylic acids is 1. The molecule has 1 aromatic carbocycles. The lowest BCUT2D eigenvalue weighted by Crippen LogP contribution is -2.36. The Kier molecular flexibility index (Phi) is 6.44. The molecular weight excluding hydrogens is 437 g/mol. The number of aryl methyl sites for hydroxylation is 1. The number of nitrogens with zero attached hydrogens (tertiary/aromatic N) is 3. The maximum Gasteiger partial charge on any atom is 0.416 e. The van der Waals surface area contributed by atoms with Crippen LogP contribution in [-0.2, 0) is 23.8 Å². The fourth-order valence-corrected chi connectivity index (χ4v) is 4.38. The fraction of sp³-hybridized carbons (Fsp3) is 0.435. The van der Waals surface area contributed by atoms with E-state index < -0.39 is 30.2 Å². The van der Waals surface area contributed by atoms with Crippen molar-refractivity contribution in [1.29, 1.82) is 0 Å². The predicted molar refractivity (Wildman–Crippen MR) is 115 cm³/mol. The largest absolute Gasteiger partial charge is 0.481 e. The van der Waals surface area contributed by atoms with Crippen LogP contribution in [0.25, 0.3) is 0 Å². The van der Waals surface area contributed by atoms with Crippen molar-refractivity contribution in [2.75, 3.05) is 31.5 Å². The molecular formula is C23H25F3N4O3. The Morgan fingerprint density at radius 2 is 2.03 bits per heavy atom. The number of pyridine rings is 1. The van der Waals surface area contributed by atoms with Crippen molar-refractivity contribution in [3.63, 3.8) is 0 Å². The predicted octanol–water partition coefficient (Wildman–Crippen LogP) is 3.95. The van der Waals surface area contributed by atoms with E-state index in [-0.39, 0.29) is 18.1 Å². The zero-order valence-corrected chi connectivity index (χ0v) is 17.9. The lowest BCUT2D eigenvalue weighted by molar-refractivity contribution is -0.138. The van der Waals surface area contributed by atoms with Crippen LogP contribution in [0.4, 0.5) is 23.8 Å². The molecule has 0 radical (unpaired) electrons. The van der Waals surface area contributed by atoms with E-state index in [9.17, 15) is 27.9 Å². The van der Waals surface area contributed by atoms with Gasteiger partial charge in [-0.1, -0.05) is 18.2 Å². The summed E-state index contributed by atoms with van der Waals surface area (Å²) in [6.07, 6.45) is -2.69. The third-order valence-corrected chi connectivity index (χ3v) is 6.05. The number of carboxylic acids is 1. The molecule has 0 spiro atoms.